The molecule has 1 fully saturated rings. The number of rotatable bonds is 7. The third-order valence-electron chi connectivity index (χ3n) is 2.63. The van der Waals surface area contributed by atoms with E-state index in [0.29, 0.717) is 5.92 Å². The number of halogens is 1. The number of thioether (sulfide) groups is 1. The first-order valence-electron chi connectivity index (χ1n) is 5.69. The maximum absolute atomic E-state index is 5.75. The minimum Gasteiger partial charge on any atom is -0.303 e. The Hall–Kier alpha value is 0.600. The van der Waals surface area contributed by atoms with Gasteiger partial charge >= 0.3 is 0 Å². The second-order valence-electron chi connectivity index (χ2n) is 4.24. The summed E-state index contributed by atoms with van der Waals surface area (Å²) in [6.45, 7) is 6.20. The molecule has 0 amide bonds. The number of likely N-dealkylation sites (tertiary alicyclic amines) is 1. The van der Waals surface area contributed by atoms with Crippen molar-refractivity contribution in [3.63, 3.8) is 0 Å². The van der Waals surface area contributed by atoms with Crippen molar-refractivity contribution in [3.05, 3.63) is 0 Å². The molecule has 0 N–H and O–H groups in total. The van der Waals surface area contributed by atoms with Crippen LogP contribution in [-0.4, -0.2) is 41.9 Å². The van der Waals surface area contributed by atoms with Crippen LogP contribution in [0, 0.1) is 5.92 Å². The van der Waals surface area contributed by atoms with E-state index >= 15 is 0 Å². The molecule has 1 aliphatic heterocycles. The summed E-state index contributed by atoms with van der Waals surface area (Å²) in [7, 11) is 0. The highest BCUT2D eigenvalue weighted by Gasteiger charge is 2.10. The van der Waals surface area contributed by atoms with E-state index in [0.717, 1.165) is 5.88 Å². The van der Waals surface area contributed by atoms with Crippen molar-refractivity contribution in [2.24, 2.45) is 5.92 Å². The van der Waals surface area contributed by atoms with Gasteiger partial charge in [-0.1, -0.05) is 6.92 Å². The molecule has 1 unspecified atom stereocenters. The molecule has 3 heteroatoms. The van der Waals surface area contributed by atoms with Crippen LogP contribution in [0.2, 0.25) is 0 Å². The van der Waals surface area contributed by atoms with E-state index in [9.17, 15) is 0 Å². The lowest BCUT2D eigenvalue weighted by Crippen LogP contribution is -2.20. The van der Waals surface area contributed by atoms with Crippen LogP contribution in [0.5, 0.6) is 0 Å². The predicted octanol–water partition coefficient (Wildman–Crippen LogP) is 3.08. The summed E-state index contributed by atoms with van der Waals surface area (Å²) in [5.41, 5.74) is 0. The molecule has 84 valence electrons. The highest BCUT2D eigenvalue weighted by molar-refractivity contribution is 7.99. The molecule has 0 aromatic heterocycles. The molecule has 0 aliphatic carbocycles. The maximum Gasteiger partial charge on any atom is 0.0257 e. The van der Waals surface area contributed by atoms with Crippen LogP contribution in [-0.2, 0) is 0 Å². The molecule has 14 heavy (non-hydrogen) atoms. The molecular formula is C11H22ClNS. The van der Waals surface area contributed by atoms with Crippen LogP contribution in [0.1, 0.15) is 26.2 Å². The van der Waals surface area contributed by atoms with Gasteiger partial charge in [-0.25, -0.2) is 0 Å². The molecule has 1 rings (SSSR count). The number of hydrogen-bond donors (Lipinski definition) is 0. The highest BCUT2D eigenvalue weighted by Crippen LogP contribution is 2.12. The second-order valence-corrected chi connectivity index (χ2v) is 5.70. The lowest BCUT2D eigenvalue weighted by molar-refractivity contribution is 0.341. The smallest absolute Gasteiger partial charge is 0.0257 e. The second kappa shape index (κ2) is 7.84. The Balaban J connectivity index is 1.84. The first-order chi connectivity index (χ1) is 6.83. The van der Waals surface area contributed by atoms with E-state index in [1.54, 1.807) is 0 Å². The first kappa shape index (κ1) is 12.7. The summed E-state index contributed by atoms with van der Waals surface area (Å²) in [5, 5.41) is 0. The van der Waals surface area contributed by atoms with Crippen LogP contribution in [0.15, 0.2) is 0 Å². The molecule has 1 atom stereocenters. The fourth-order valence-corrected chi connectivity index (χ4v) is 2.98. The van der Waals surface area contributed by atoms with Gasteiger partial charge in [0.25, 0.3) is 0 Å². The maximum atomic E-state index is 5.75. The highest BCUT2D eigenvalue weighted by atomic mass is 35.5. The Kier molecular flexibility index (Phi) is 7.09. The Morgan fingerprint density at radius 3 is 2.71 bits per heavy atom. The minimum atomic E-state index is 0.674. The van der Waals surface area contributed by atoms with Gasteiger partial charge < -0.3 is 4.90 Å². The van der Waals surface area contributed by atoms with Crippen molar-refractivity contribution in [2.75, 3.05) is 37.0 Å². The fraction of sp³-hybridized carbons (Fsp3) is 1.00. The molecule has 0 aromatic carbocycles. The van der Waals surface area contributed by atoms with Crippen LogP contribution in [0.4, 0.5) is 0 Å². The van der Waals surface area contributed by atoms with Gasteiger partial charge in [-0.05, 0) is 56.3 Å². The fourth-order valence-electron chi connectivity index (χ4n) is 1.73. The summed E-state index contributed by atoms with van der Waals surface area (Å²) in [5.74, 6) is 4.01. The van der Waals surface area contributed by atoms with E-state index in [4.69, 9.17) is 11.6 Å². The van der Waals surface area contributed by atoms with Gasteiger partial charge in [0.2, 0.25) is 0 Å². The summed E-state index contributed by atoms with van der Waals surface area (Å²) in [6, 6.07) is 0. The van der Waals surface area contributed by atoms with Gasteiger partial charge in [0, 0.05) is 5.88 Å². The van der Waals surface area contributed by atoms with Gasteiger partial charge in [-0.3, -0.25) is 0 Å². The number of hydrogen-bond acceptors (Lipinski definition) is 2. The summed E-state index contributed by atoms with van der Waals surface area (Å²) >= 11 is 7.81. The molecule has 1 saturated heterocycles. The third kappa shape index (κ3) is 5.47. The summed E-state index contributed by atoms with van der Waals surface area (Å²) < 4.78 is 0. The van der Waals surface area contributed by atoms with E-state index < -0.39 is 0 Å². The normalized spacial score (nSPS) is 20.1. The van der Waals surface area contributed by atoms with E-state index in [1.165, 1.54) is 50.4 Å². The lowest BCUT2D eigenvalue weighted by Gasteiger charge is -2.14. The zero-order valence-electron chi connectivity index (χ0n) is 9.17. The van der Waals surface area contributed by atoms with Crippen LogP contribution in [0.25, 0.3) is 0 Å². The van der Waals surface area contributed by atoms with Gasteiger partial charge in [-0.15, -0.1) is 11.6 Å². The molecule has 1 aliphatic rings. The van der Waals surface area contributed by atoms with Crippen molar-refractivity contribution in [1.82, 2.24) is 4.90 Å². The number of alkyl halides is 1. The molecule has 0 aromatic rings. The standard InChI is InChI=1S/C11H22ClNS/c1-11(9-12)10-14-8-4-7-13-5-2-3-6-13/h11H,2-10H2,1H3. The van der Waals surface area contributed by atoms with Crippen molar-refractivity contribution in [2.45, 2.75) is 26.2 Å². The average molecular weight is 236 g/mol. The average Bonchev–Trinajstić information content (AvgIpc) is 2.69. The zero-order valence-corrected chi connectivity index (χ0v) is 10.7. The zero-order chi connectivity index (χ0) is 10.2. The molecule has 1 heterocycles. The molecular weight excluding hydrogens is 214 g/mol. The van der Waals surface area contributed by atoms with Crippen molar-refractivity contribution < 1.29 is 0 Å². The molecule has 0 saturated carbocycles. The molecule has 0 radical (unpaired) electrons. The van der Waals surface area contributed by atoms with Crippen LogP contribution < -0.4 is 0 Å². The predicted molar refractivity (Wildman–Crippen MR) is 67.5 cm³/mol. The van der Waals surface area contributed by atoms with E-state index in [-0.39, 0.29) is 0 Å². The van der Waals surface area contributed by atoms with Gasteiger partial charge in [0.15, 0.2) is 0 Å². The quantitative estimate of drug-likeness (QED) is 0.493. The largest absolute Gasteiger partial charge is 0.303 e. The van der Waals surface area contributed by atoms with Crippen LogP contribution >= 0.6 is 23.4 Å². The van der Waals surface area contributed by atoms with Gasteiger partial charge in [0.05, 0.1) is 0 Å². The SMILES string of the molecule is CC(CCl)CSCCCN1CCCC1. The molecule has 1 nitrogen and oxygen atoms in total. The van der Waals surface area contributed by atoms with Gasteiger partial charge in [-0.2, -0.15) is 11.8 Å². The summed E-state index contributed by atoms with van der Waals surface area (Å²) in [4.78, 5) is 2.59. The topological polar surface area (TPSA) is 3.24 Å². The molecule has 0 spiro atoms. The van der Waals surface area contributed by atoms with Gasteiger partial charge in [0.1, 0.15) is 0 Å². The Morgan fingerprint density at radius 1 is 1.36 bits per heavy atom. The first-order valence-corrected chi connectivity index (χ1v) is 7.38. The third-order valence-corrected chi connectivity index (χ3v) is 4.54. The Labute approximate surface area is 97.6 Å². The van der Waals surface area contributed by atoms with Crippen molar-refractivity contribution in [3.8, 4) is 0 Å². The number of nitrogens with zero attached hydrogens (tertiary/aromatic N) is 1. The minimum absolute atomic E-state index is 0.674. The lowest BCUT2D eigenvalue weighted by atomic mass is 10.3. The molecule has 0 bridgehead atoms. The van der Waals surface area contributed by atoms with E-state index in [2.05, 4.69) is 23.6 Å². The van der Waals surface area contributed by atoms with Crippen molar-refractivity contribution in [1.29, 1.82) is 0 Å². The Morgan fingerprint density at radius 2 is 2.07 bits per heavy atom. The Bertz CT molecular complexity index is 137. The van der Waals surface area contributed by atoms with Crippen LogP contribution in [0.3, 0.4) is 0 Å². The summed E-state index contributed by atoms with van der Waals surface area (Å²) in [6.07, 6.45) is 4.17. The monoisotopic (exact) mass is 235 g/mol. The van der Waals surface area contributed by atoms with Crippen molar-refractivity contribution >= 4 is 23.4 Å². The van der Waals surface area contributed by atoms with E-state index in [1.807, 2.05) is 0 Å².